The molecule has 2 aromatic rings. The van der Waals surface area contributed by atoms with Gasteiger partial charge in [0.1, 0.15) is 5.82 Å². The number of aromatic nitrogens is 4. The topological polar surface area (TPSA) is 113 Å². The molecule has 1 amide bonds. The molecule has 3 N–H and O–H groups in total. The van der Waals surface area contributed by atoms with E-state index in [9.17, 15) is 14.4 Å². The molecular formula is C16H21N5O3. The van der Waals surface area contributed by atoms with Crippen LogP contribution in [0.4, 0.5) is 5.82 Å². The molecule has 0 spiro atoms. The molecular weight excluding hydrogens is 310 g/mol. The molecule has 8 nitrogen and oxygen atoms in total. The summed E-state index contributed by atoms with van der Waals surface area (Å²) in [4.78, 5) is 40.1. The Balaban J connectivity index is 1.80. The van der Waals surface area contributed by atoms with Crippen LogP contribution in [0.15, 0.2) is 15.8 Å². The number of H-pyrrole nitrogens is 2. The minimum Gasteiger partial charge on any atom is -0.311 e. The maximum Gasteiger partial charge on any atom is 0.325 e. The highest BCUT2D eigenvalue weighted by molar-refractivity contribution is 5.92. The van der Waals surface area contributed by atoms with Gasteiger partial charge in [0.25, 0.3) is 5.56 Å². The van der Waals surface area contributed by atoms with Crippen molar-refractivity contribution in [2.45, 2.75) is 46.1 Å². The lowest BCUT2D eigenvalue weighted by Gasteiger charge is -2.16. The number of rotatable bonds is 5. The number of carbonyl (C=O) groups is 1. The highest BCUT2D eigenvalue weighted by Crippen LogP contribution is 2.40. The fourth-order valence-electron chi connectivity index (χ4n) is 2.87. The first-order valence-electron chi connectivity index (χ1n) is 8.03. The second-order valence-corrected chi connectivity index (χ2v) is 6.44. The summed E-state index contributed by atoms with van der Waals surface area (Å²) in [6.07, 6.45) is 3.98. The molecule has 0 aliphatic heterocycles. The van der Waals surface area contributed by atoms with Gasteiger partial charge in [0.05, 0.1) is 18.7 Å². The lowest BCUT2D eigenvalue weighted by Crippen LogP contribution is -2.30. The van der Waals surface area contributed by atoms with Crippen LogP contribution in [-0.2, 0) is 11.2 Å². The van der Waals surface area contributed by atoms with Gasteiger partial charge in [0.15, 0.2) is 0 Å². The van der Waals surface area contributed by atoms with E-state index in [0.717, 1.165) is 5.56 Å². The van der Waals surface area contributed by atoms with E-state index in [1.165, 1.54) is 12.8 Å². The van der Waals surface area contributed by atoms with Gasteiger partial charge in [0, 0.05) is 16.8 Å². The summed E-state index contributed by atoms with van der Waals surface area (Å²) in [5, 5.41) is 7.23. The van der Waals surface area contributed by atoms with Gasteiger partial charge in [-0.1, -0.05) is 0 Å². The van der Waals surface area contributed by atoms with Gasteiger partial charge in [-0.3, -0.25) is 14.6 Å². The van der Waals surface area contributed by atoms with Gasteiger partial charge in [-0.2, -0.15) is 5.10 Å². The Morgan fingerprint density at radius 1 is 1.38 bits per heavy atom. The van der Waals surface area contributed by atoms with Gasteiger partial charge in [-0.15, -0.1) is 0 Å². The van der Waals surface area contributed by atoms with Gasteiger partial charge < -0.3 is 10.3 Å². The fourth-order valence-corrected chi connectivity index (χ4v) is 2.87. The van der Waals surface area contributed by atoms with Gasteiger partial charge in [-0.25, -0.2) is 9.48 Å². The van der Waals surface area contributed by atoms with Gasteiger partial charge in [0.2, 0.25) is 5.91 Å². The number of anilines is 1. The summed E-state index contributed by atoms with van der Waals surface area (Å²) < 4.78 is 1.84. The molecule has 2 heterocycles. The summed E-state index contributed by atoms with van der Waals surface area (Å²) in [7, 11) is 0. The molecule has 128 valence electrons. The molecule has 1 aliphatic carbocycles. The predicted molar refractivity (Wildman–Crippen MR) is 89.2 cm³/mol. The SMILES string of the molecule is Cc1cnn([C@H](C)C2CC2)c1NC(=O)Cc1c(C)[nH]c(=O)[nH]c1=O. The van der Waals surface area contributed by atoms with E-state index in [2.05, 4.69) is 27.3 Å². The number of hydrogen-bond donors (Lipinski definition) is 3. The van der Waals surface area contributed by atoms with Crippen LogP contribution >= 0.6 is 0 Å². The molecule has 0 radical (unpaired) electrons. The standard InChI is InChI=1S/C16H21N5O3/c1-8-7-17-21(10(3)11-4-5-11)14(8)19-13(22)6-12-9(2)18-16(24)20-15(12)23/h7,10-11H,4-6H2,1-3H3,(H,19,22)(H2,18,20,23,24)/t10-/m1/s1. The Hall–Kier alpha value is -2.64. The van der Waals surface area contributed by atoms with Crippen LogP contribution in [0, 0.1) is 19.8 Å². The Morgan fingerprint density at radius 2 is 2.08 bits per heavy atom. The molecule has 2 aromatic heterocycles. The van der Waals surface area contributed by atoms with Crippen molar-refractivity contribution in [3.8, 4) is 0 Å². The number of aromatic amines is 2. The first-order valence-corrected chi connectivity index (χ1v) is 8.03. The van der Waals surface area contributed by atoms with Crippen LogP contribution < -0.4 is 16.6 Å². The van der Waals surface area contributed by atoms with Crippen LogP contribution in [0.25, 0.3) is 0 Å². The minimum absolute atomic E-state index is 0.111. The zero-order valence-electron chi connectivity index (χ0n) is 14.0. The number of nitrogens with one attached hydrogen (secondary N) is 3. The number of carbonyl (C=O) groups excluding carboxylic acids is 1. The van der Waals surface area contributed by atoms with Crippen molar-refractivity contribution in [1.82, 2.24) is 19.7 Å². The Bertz CT molecular complexity index is 888. The number of nitrogens with zero attached hydrogens (tertiary/aromatic N) is 2. The molecule has 1 aliphatic rings. The maximum absolute atomic E-state index is 12.4. The van der Waals surface area contributed by atoms with E-state index in [0.29, 0.717) is 17.4 Å². The fraction of sp³-hybridized carbons (Fsp3) is 0.500. The van der Waals surface area contributed by atoms with Crippen LogP contribution in [-0.4, -0.2) is 25.7 Å². The van der Waals surface area contributed by atoms with E-state index >= 15 is 0 Å². The van der Waals surface area contributed by atoms with Crippen LogP contribution in [0.1, 0.15) is 42.6 Å². The maximum atomic E-state index is 12.4. The van der Waals surface area contributed by atoms with Crippen molar-refractivity contribution in [1.29, 1.82) is 0 Å². The zero-order valence-corrected chi connectivity index (χ0v) is 14.0. The molecule has 1 atom stereocenters. The molecule has 1 saturated carbocycles. The second kappa shape index (κ2) is 6.10. The molecule has 1 fully saturated rings. The van der Waals surface area contributed by atoms with E-state index in [-0.39, 0.29) is 23.9 Å². The monoisotopic (exact) mass is 331 g/mol. The Kier molecular flexibility index (Phi) is 4.13. The van der Waals surface area contributed by atoms with Gasteiger partial charge in [-0.05, 0) is 39.5 Å². The van der Waals surface area contributed by atoms with E-state index in [1.807, 2.05) is 11.6 Å². The first kappa shape index (κ1) is 16.2. The summed E-state index contributed by atoms with van der Waals surface area (Å²) in [6.45, 7) is 5.58. The zero-order chi connectivity index (χ0) is 17.4. The highest BCUT2D eigenvalue weighted by atomic mass is 16.2. The van der Waals surface area contributed by atoms with Crippen LogP contribution in [0.3, 0.4) is 0 Å². The third-order valence-electron chi connectivity index (χ3n) is 4.52. The normalized spacial score (nSPS) is 15.3. The lowest BCUT2D eigenvalue weighted by atomic mass is 10.1. The van der Waals surface area contributed by atoms with Crippen molar-refractivity contribution in [2.24, 2.45) is 5.92 Å². The van der Waals surface area contributed by atoms with Crippen LogP contribution in [0.2, 0.25) is 0 Å². The van der Waals surface area contributed by atoms with Crippen molar-refractivity contribution in [3.05, 3.63) is 43.9 Å². The third kappa shape index (κ3) is 3.17. The summed E-state index contributed by atoms with van der Waals surface area (Å²) in [5.74, 6) is 0.950. The quantitative estimate of drug-likeness (QED) is 0.759. The molecule has 3 rings (SSSR count). The number of hydrogen-bond acceptors (Lipinski definition) is 4. The second-order valence-electron chi connectivity index (χ2n) is 6.44. The molecule has 0 saturated heterocycles. The van der Waals surface area contributed by atoms with E-state index in [4.69, 9.17) is 0 Å². The van der Waals surface area contributed by atoms with Gasteiger partial charge >= 0.3 is 5.69 Å². The molecule has 8 heteroatoms. The largest absolute Gasteiger partial charge is 0.325 e. The van der Waals surface area contributed by atoms with E-state index < -0.39 is 11.2 Å². The minimum atomic E-state index is -0.575. The van der Waals surface area contributed by atoms with Crippen molar-refractivity contribution in [2.75, 3.05) is 5.32 Å². The number of aryl methyl sites for hydroxylation is 2. The van der Waals surface area contributed by atoms with Crippen molar-refractivity contribution >= 4 is 11.7 Å². The first-order chi connectivity index (χ1) is 11.4. The predicted octanol–water partition coefficient (Wildman–Crippen LogP) is 1.03. The average Bonchev–Trinajstić information content (AvgIpc) is 3.29. The third-order valence-corrected chi connectivity index (χ3v) is 4.52. The van der Waals surface area contributed by atoms with Crippen LogP contribution in [0.5, 0.6) is 0 Å². The Morgan fingerprint density at radius 3 is 2.71 bits per heavy atom. The molecule has 0 unspecified atom stereocenters. The summed E-state index contributed by atoms with van der Waals surface area (Å²) >= 11 is 0. The summed E-state index contributed by atoms with van der Waals surface area (Å²) in [5.41, 5.74) is 0.418. The summed E-state index contributed by atoms with van der Waals surface area (Å²) in [6, 6.07) is 0.229. The smallest absolute Gasteiger partial charge is 0.311 e. The number of amides is 1. The van der Waals surface area contributed by atoms with E-state index in [1.54, 1.807) is 13.1 Å². The van der Waals surface area contributed by atoms with Crippen molar-refractivity contribution < 1.29 is 4.79 Å². The lowest BCUT2D eigenvalue weighted by molar-refractivity contribution is -0.115. The highest BCUT2D eigenvalue weighted by Gasteiger charge is 2.31. The molecule has 0 aromatic carbocycles. The average molecular weight is 331 g/mol. The van der Waals surface area contributed by atoms with Crippen molar-refractivity contribution in [3.63, 3.8) is 0 Å². The molecule has 0 bridgehead atoms. The molecule has 24 heavy (non-hydrogen) atoms. The Labute approximate surface area is 138 Å².